The summed E-state index contributed by atoms with van der Waals surface area (Å²) in [5.74, 6) is 0.772. The van der Waals surface area contributed by atoms with Crippen LogP contribution in [-0.4, -0.2) is 33.3 Å². The molecule has 1 amide bonds. The summed E-state index contributed by atoms with van der Waals surface area (Å²) in [5.41, 5.74) is 4.10. The summed E-state index contributed by atoms with van der Waals surface area (Å²) < 4.78 is 1.95. The summed E-state index contributed by atoms with van der Waals surface area (Å²) in [7, 11) is 0. The van der Waals surface area contributed by atoms with Gasteiger partial charge in [-0.15, -0.1) is 11.3 Å². The normalized spacial score (nSPS) is 15.1. The maximum atomic E-state index is 13.2. The molecule has 29 heavy (non-hydrogen) atoms. The Balaban J connectivity index is 1.29. The van der Waals surface area contributed by atoms with Crippen LogP contribution in [0.2, 0.25) is 0 Å². The fourth-order valence-electron chi connectivity index (χ4n) is 4.14. The van der Waals surface area contributed by atoms with E-state index in [4.69, 9.17) is 4.98 Å². The van der Waals surface area contributed by atoms with E-state index in [1.807, 2.05) is 51.2 Å². The molecule has 4 nitrogen and oxygen atoms in total. The maximum Gasteiger partial charge on any atom is 0.271 e. The van der Waals surface area contributed by atoms with E-state index in [-0.39, 0.29) is 5.91 Å². The second-order valence-electron chi connectivity index (χ2n) is 7.69. The smallest absolute Gasteiger partial charge is 0.271 e. The van der Waals surface area contributed by atoms with Crippen LogP contribution in [0.4, 0.5) is 0 Å². The molecule has 146 valence electrons. The van der Waals surface area contributed by atoms with Gasteiger partial charge in [-0.3, -0.25) is 9.20 Å². The number of fused-ring (bicyclic) bond motifs is 1. The molecule has 0 atom stereocenters. The summed E-state index contributed by atoms with van der Waals surface area (Å²) >= 11 is 1.53. The molecule has 1 aliphatic rings. The van der Waals surface area contributed by atoms with Gasteiger partial charge in [-0.1, -0.05) is 60.7 Å². The van der Waals surface area contributed by atoms with Crippen molar-refractivity contribution >= 4 is 22.2 Å². The summed E-state index contributed by atoms with van der Waals surface area (Å²) in [6.07, 6.45) is 5.21. The predicted molar refractivity (Wildman–Crippen MR) is 117 cm³/mol. The predicted octanol–water partition coefficient (Wildman–Crippen LogP) is 5.16. The van der Waals surface area contributed by atoms with Gasteiger partial charge in [0, 0.05) is 30.2 Å². The van der Waals surface area contributed by atoms with E-state index in [9.17, 15) is 4.79 Å². The third kappa shape index (κ3) is 3.70. The number of benzene rings is 2. The summed E-state index contributed by atoms with van der Waals surface area (Å²) in [4.78, 5) is 20.7. The molecule has 3 heterocycles. The second kappa shape index (κ2) is 7.84. The van der Waals surface area contributed by atoms with Crippen molar-refractivity contribution in [3.8, 4) is 11.3 Å². The molecular formula is C24H23N3OS. The fraction of sp³-hybridized carbons (Fsp3) is 0.250. The van der Waals surface area contributed by atoms with Crippen molar-refractivity contribution in [1.29, 1.82) is 0 Å². The Morgan fingerprint density at radius 1 is 1.00 bits per heavy atom. The molecule has 0 aliphatic carbocycles. The van der Waals surface area contributed by atoms with E-state index in [0.29, 0.717) is 5.92 Å². The molecular weight excluding hydrogens is 378 g/mol. The van der Waals surface area contributed by atoms with Crippen LogP contribution in [0.3, 0.4) is 0 Å². The van der Waals surface area contributed by atoms with E-state index in [1.54, 1.807) is 0 Å². The Morgan fingerprint density at radius 2 is 1.69 bits per heavy atom. The number of hydrogen-bond acceptors (Lipinski definition) is 3. The van der Waals surface area contributed by atoms with E-state index in [1.165, 1.54) is 16.9 Å². The number of nitrogens with zero attached hydrogens (tertiary/aromatic N) is 3. The first-order valence-electron chi connectivity index (χ1n) is 10.1. The summed E-state index contributed by atoms with van der Waals surface area (Å²) in [5, 5.41) is 1.94. The lowest BCUT2D eigenvalue weighted by Crippen LogP contribution is -2.39. The van der Waals surface area contributed by atoms with Gasteiger partial charge in [-0.2, -0.15) is 0 Å². The van der Waals surface area contributed by atoms with Crippen LogP contribution in [-0.2, 0) is 6.42 Å². The average Bonchev–Trinajstić information content (AvgIpc) is 3.36. The van der Waals surface area contributed by atoms with Crippen molar-refractivity contribution in [2.45, 2.75) is 19.3 Å². The zero-order valence-corrected chi connectivity index (χ0v) is 17.0. The number of amides is 1. The number of rotatable bonds is 4. The van der Waals surface area contributed by atoms with E-state index >= 15 is 0 Å². The number of likely N-dealkylation sites (tertiary alicyclic amines) is 1. The summed E-state index contributed by atoms with van der Waals surface area (Å²) in [6, 6.07) is 20.8. The molecule has 1 aliphatic heterocycles. The highest BCUT2D eigenvalue weighted by atomic mass is 32.1. The van der Waals surface area contributed by atoms with Crippen molar-refractivity contribution < 1.29 is 4.79 Å². The van der Waals surface area contributed by atoms with Crippen molar-refractivity contribution in [1.82, 2.24) is 14.3 Å². The first kappa shape index (κ1) is 18.1. The second-order valence-corrected chi connectivity index (χ2v) is 8.53. The molecule has 5 heteroatoms. The zero-order valence-electron chi connectivity index (χ0n) is 16.2. The number of aromatic nitrogens is 2. The SMILES string of the molecule is O=C(c1csc2nc(-c3ccccc3)cn12)N1CCC(Cc2ccccc2)CC1. The van der Waals surface area contributed by atoms with Gasteiger partial charge in [-0.25, -0.2) is 4.98 Å². The molecule has 0 unspecified atom stereocenters. The minimum atomic E-state index is 0.117. The Bertz CT molecular complexity index is 1110. The van der Waals surface area contributed by atoms with Crippen molar-refractivity contribution in [2.24, 2.45) is 5.92 Å². The average molecular weight is 402 g/mol. The third-order valence-electron chi connectivity index (χ3n) is 5.77. The van der Waals surface area contributed by atoms with Gasteiger partial charge in [0.1, 0.15) is 5.69 Å². The van der Waals surface area contributed by atoms with Gasteiger partial charge in [-0.05, 0) is 30.7 Å². The van der Waals surface area contributed by atoms with Crippen molar-refractivity contribution in [3.63, 3.8) is 0 Å². The summed E-state index contributed by atoms with van der Waals surface area (Å²) in [6.45, 7) is 1.65. The molecule has 0 radical (unpaired) electrons. The van der Waals surface area contributed by atoms with Crippen LogP contribution >= 0.6 is 11.3 Å². The van der Waals surface area contributed by atoms with Gasteiger partial charge in [0.2, 0.25) is 0 Å². The molecule has 2 aromatic heterocycles. The van der Waals surface area contributed by atoms with Crippen molar-refractivity contribution in [2.75, 3.05) is 13.1 Å². The molecule has 1 fully saturated rings. The zero-order chi connectivity index (χ0) is 19.6. The number of imidazole rings is 1. The highest BCUT2D eigenvalue weighted by Crippen LogP contribution is 2.26. The molecule has 0 saturated carbocycles. The Labute approximate surface area is 174 Å². The quantitative estimate of drug-likeness (QED) is 0.474. The lowest BCUT2D eigenvalue weighted by Gasteiger charge is -2.32. The Hall–Kier alpha value is -2.92. The number of thiazole rings is 1. The highest BCUT2D eigenvalue weighted by Gasteiger charge is 2.26. The molecule has 0 spiro atoms. The third-order valence-corrected chi connectivity index (χ3v) is 6.61. The number of piperidine rings is 1. The lowest BCUT2D eigenvalue weighted by atomic mass is 9.90. The number of carbonyl (C=O) groups excluding carboxylic acids is 1. The van der Waals surface area contributed by atoms with Gasteiger partial charge in [0.15, 0.2) is 4.96 Å². The minimum Gasteiger partial charge on any atom is -0.337 e. The van der Waals surface area contributed by atoms with Crippen LogP contribution in [0.5, 0.6) is 0 Å². The van der Waals surface area contributed by atoms with Gasteiger partial charge < -0.3 is 4.90 Å². The van der Waals surface area contributed by atoms with E-state index in [0.717, 1.165) is 54.3 Å². The Morgan fingerprint density at radius 3 is 2.41 bits per heavy atom. The highest BCUT2D eigenvalue weighted by molar-refractivity contribution is 7.15. The first-order valence-corrected chi connectivity index (χ1v) is 11.0. The topological polar surface area (TPSA) is 37.6 Å². The molecule has 1 saturated heterocycles. The van der Waals surface area contributed by atoms with Crippen LogP contribution in [0.25, 0.3) is 16.2 Å². The number of carbonyl (C=O) groups is 1. The minimum absolute atomic E-state index is 0.117. The first-order chi connectivity index (χ1) is 14.3. The Kier molecular flexibility index (Phi) is 4.90. The van der Waals surface area contributed by atoms with E-state index < -0.39 is 0 Å². The molecule has 2 aromatic carbocycles. The van der Waals surface area contributed by atoms with Crippen molar-refractivity contribution in [3.05, 3.63) is 83.5 Å². The number of hydrogen-bond donors (Lipinski definition) is 0. The van der Waals surface area contributed by atoms with Gasteiger partial charge in [0.25, 0.3) is 5.91 Å². The van der Waals surface area contributed by atoms with Crippen LogP contribution < -0.4 is 0 Å². The van der Waals surface area contributed by atoms with Gasteiger partial charge in [0.05, 0.1) is 5.69 Å². The largest absolute Gasteiger partial charge is 0.337 e. The maximum absolute atomic E-state index is 13.2. The fourth-order valence-corrected chi connectivity index (χ4v) is 4.98. The molecule has 0 bridgehead atoms. The molecule has 4 aromatic rings. The standard InChI is InChI=1S/C24H23N3OS/c28-23(26-13-11-19(12-14-26)15-18-7-3-1-4-8-18)22-17-29-24-25-21(16-27(22)24)20-9-5-2-6-10-20/h1-10,16-17,19H,11-15H2. The monoisotopic (exact) mass is 401 g/mol. The molecule has 0 N–H and O–H groups in total. The van der Waals surface area contributed by atoms with Crippen LogP contribution in [0.15, 0.2) is 72.2 Å². The van der Waals surface area contributed by atoms with E-state index in [2.05, 4.69) is 30.3 Å². The molecule has 5 rings (SSSR count). The lowest BCUT2D eigenvalue weighted by molar-refractivity contribution is 0.0684. The van der Waals surface area contributed by atoms with Gasteiger partial charge >= 0.3 is 0 Å². The van der Waals surface area contributed by atoms with Crippen LogP contribution in [0, 0.1) is 5.92 Å². The van der Waals surface area contributed by atoms with Crippen LogP contribution in [0.1, 0.15) is 28.9 Å².